The summed E-state index contributed by atoms with van der Waals surface area (Å²) < 4.78 is 1.74. The van der Waals surface area contributed by atoms with E-state index in [-0.39, 0.29) is 11.6 Å². The van der Waals surface area contributed by atoms with Gasteiger partial charge in [0.05, 0.1) is 11.5 Å². The first-order chi connectivity index (χ1) is 12.4. The minimum Gasteiger partial charge on any atom is -0.305 e. The van der Waals surface area contributed by atoms with Gasteiger partial charge >= 0.3 is 0 Å². The van der Waals surface area contributed by atoms with Gasteiger partial charge in [-0.15, -0.1) is 0 Å². The van der Waals surface area contributed by atoms with Crippen molar-refractivity contribution in [2.24, 2.45) is 0 Å². The maximum atomic E-state index is 12.3. The highest BCUT2D eigenvalue weighted by Gasteiger charge is 2.12. The smallest absolute Gasteiger partial charge is 0.269 e. The van der Waals surface area contributed by atoms with E-state index in [2.05, 4.69) is 10.4 Å². The quantitative estimate of drug-likeness (QED) is 0.541. The van der Waals surface area contributed by atoms with Crippen LogP contribution < -0.4 is 5.32 Å². The van der Waals surface area contributed by atoms with Gasteiger partial charge in [-0.2, -0.15) is 5.10 Å². The van der Waals surface area contributed by atoms with Gasteiger partial charge in [0.15, 0.2) is 5.82 Å². The molecule has 8 heteroatoms. The number of rotatable bonds is 5. The highest BCUT2D eigenvalue weighted by molar-refractivity contribution is 6.31. The van der Waals surface area contributed by atoms with Gasteiger partial charge in [0.25, 0.3) is 11.6 Å². The van der Waals surface area contributed by atoms with E-state index in [1.807, 2.05) is 31.2 Å². The van der Waals surface area contributed by atoms with E-state index < -0.39 is 4.92 Å². The van der Waals surface area contributed by atoms with Gasteiger partial charge in [0, 0.05) is 34.5 Å². The molecule has 2 aromatic carbocycles. The number of aromatic nitrogens is 2. The highest BCUT2D eigenvalue weighted by Crippen LogP contribution is 2.19. The Kier molecular flexibility index (Phi) is 4.99. The molecule has 3 aromatic rings. The first kappa shape index (κ1) is 17.6. The van der Waals surface area contributed by atoms with E-state index in [4.69, 9.17) is 11.6 Å². The Balaban J connectivity index is 1.73. The van der Waals surface area contributed by atoms with Crippen molar-refractivity contribution >= 4 is 29.0 Å². The number of nitro benzene ring substituents is 1. The Labute approximate surface area is 154 Å². The number of benzene rings is 2. The molecular weight excluding hydrogens is 356 g/mol. The number of hydrogen-bond donors (Lipinski definition) is 1. The number of nitro groups is 1. The van der Waals surface area contributed by atoms with Crippen LogP contribution in [0.3, 0.4) is 0 Å². The van der Waals surface area contributed by atoms with E-state index in [1.54, 1.807) is 10.7 Å². The second-order valence-electron chi connectivity index (χ2n) is 5.68. The average Bonchev–Trinajstić information content (AvgIpc) is 2.96. The number of hydrogen-bond acceptors (Lipinski definition) is 4. The number of anilines is 1. The summed E-state index contributed by atoms with van der Waals surface area (Å²) in [4.78, 5) is 22.4. The van der Waals surface area contributed by atoms with Crippen molar-refractivity contribution in [2.45, 2.75) is 13.5 Å². The van der Waals surface area contributed by atoms with Crippen LogP contribution in [-0.2, 0) is 6.54 Å². The first-order valence-corrected chi connectivity index (χ1v) is 8.15. The normalized spacial score (nSPS) is 10.5. The number of carbonyl (C=O) groups is 1. The Morgan fingerprint density at radius 3 is 2.58 bits per heavy atom. The summed E-state index contributed by atoms with van der Waals surface area (Å²) in [7, 11) is 0. The van der Waals surface area contributed by atoms with E-state index in [9.17, 15) is 14.9 Å². The number of carbonyl (C=O) groups excluding carboxylic acids is 1. The van der Waals surface area contributed by atoms with Gasteiger partial charge in [-0.3, -0.25) is 19.6 Å². The van der Waals surface area contributed by atoms with Crippen LogP contribution in [0.15, 0.2) is 54.6 Å². The molecule has 0 spiro atoms. The maximum Gasteiger partial charge on any atom is 0.269 e. The van der Waals surface area contributed by atoms with Crippen molar-refractivity contribution in [3.63, 3.8) is 0 Å². The van der Waals surface area contributed by atoms with E-state index in [0.29, 0.717) is 22.9 Å². The van der Waals surface area contributed by atoms with Crippen LogP contribution in [-0.4, -0.2) is 20.6 Å². The summed E-state index contributed by atoms with van der Waals surface area (Å²) in [6.07, 6.45) is 0. The van der Waals surface area contributed by atoms with Crippen molar-refractivity contribution in [2.75, 3.05) is 5.32 Å². The van der Waals surface area contributed by atoms with Crippen molar-refractivity contribution in [1.82, 2.24) is 9.78 Å². The zero-order valence-corrected chi connectivity index (χ0v) is 14.6. The van der Waals surface area contributed by atoms with E-state index >= 15 is 0 Å². The van der Waals surface area contributed by atoms with E-state index in [1.165, 1.54) is 24.3 Å². The molecule has 1 amide bonds. The predicted molar refractivity (Wildman–Crippen MR) is 98.6 cm³/mol. The number of halogens is 1. The molecule has 3 rings (SSSR count). The van der Waals surface area contributed by atoms with Gasteiger partial charge in [-0.25, -0.2) is 0 Å². The molecule has 1 heterocycles. The zero-order valence-electron chi connectivity index (χ0n) is 13.8. The molecule has 0 fully saturated rings. The average molecular weight is 371 g/mol. The third kappa shape index (κ3) is 3.89. The lowest BCUT2D eigenvalue weighted by Gasteiger charge is -2.06. The fourth-order valence-electron chi connectivity index (χ4n) is 2.44. The monoisotopic (exact) mass is 370 g/mol. The molecule has 0 atom stereocenters. The van der Waals surface area contributed by atoms with Crippen LogP contribution in [0.5, 0.6) is 0 Å². The van der Waals surface area contributed by atoms with Crippen LogP contribution in [0, 0.1) is 17.0 Å². The summed E-state index contributed by atoms with van der Waals surface area (Å²) >= 11 is 6.17. The molecule has 26 heavy (non-hydrogen) atoms. The molecule has 1 aromatic heterocycles. The van der Waals surface area contributed by atoms with Gasteiger partial charge in [-0.1, -0.05) is 29.8 Å². The van der Waals surface area contributed by atoms with Crippen molar-refractivity contribution < 1.29 is 9.72 Å². The fourth-order valence-corrected chi connectivity index (χ4v) is 2.64. The van der Waals surface area contributed by atoms with Crippen LogP contribution in [0.2, 0.25) is 5.02 Å². The van der Waals surface area contributed by atoms with Gasteiger partial charge < -0.3 is 5.32 Å². The predicted octanol–water partition coefficient (Wildman–Crippen LogP) is 4.05. The maximum absolute atomic E-state index is 12.3. The molecule has 0 radical (unpaired) electrons. The van der Waals surface area contributed by atoms with Crippen molar-refractivity contribution in [1.29, 1.82) is 0 Å². The molecule has 7 nitrogen and oxygen atoms in total. The Bertz CT molecular complexity index is 967. The zero-order chi connectivity index (χ0) is 18.7. The van der Waals surface area contributed by atoms with E-state index in [0.717, 1.165) is 11.3 Å². The first-order valence-electron chi connectivity index (χ1n) is 7.77. The summed E-state index contributed by atoms with van der Waals surface area (Å²) in [6, 6.07) is 14.6. The topological polar surface area (TPSA) is 90.1 Å². The second-order valence-corrected chi connectivity index (χ2v) is 6.09. The number of amides is 1. The standard InChI is InChI=1S/C18H15ClN4O3/c1-12-10-17(21-22(12)11-14-4-2-3-5-16(14)19)20-18(24)13-6-8-15(9-7-13)23(25)26/h2-10H,11H2,1H3,(H,20,21,24). The molecule has 0 bridgehead atoms. The molecule has 1 N–H and O–H groups in total. The molecule has 0 aliphatic rings. The number of aryl methyl sites for hydroxylation is 1. The van der Waals surface area contributed by atoms with Crippen molar-refractivity contribution in [3.05, 3.63) is 86.6 Å². The van der Waals surface area contributed by atoms with Crippen LogP contribution in [0.1, 0.15) is 21.6 Å². The fraction of sp³-hybridized carbons (Fsp3) is 0.111. The molecule has 132 valence electrons. The highest BCUT2D eigenvalue weighted by atomic mass is 35.5. The lowest BCUT2D eigenvalue weighted by Crippen LogP contribution is -2.13. The lowest BCUT2D eigenvalue weighted by molar-refractivity contribution is -0.384. The summed E-state index contributed by atoms with van der Waals surface area (Å²) in [5, 5.41) is 18.4. The summed E-state index contributed by atoms with van der Waals surface area (Å²) in [5.41, 5.74) is 2.04. The summed E-state index contributed by atoms with van der Waals surface area (Å²) in [6.45, 7) is 2.37. The lowest BCUT2D eigenvalue weighted by atomic mass is 10.2. The van der Waals surface area contributed by atoms with Crippen LogP contribution >= 0.6 is 11.6 Å². The van der Waals surface area contributed by atoms with Crippen LogP contribution in [0.25, 0.3) is 0 Å². The largest absolute Gasteiger partial charge is 0.305 e. The summed E-state index contributed by atoms with van der Waals surface area (Å²) in [5.74, 6) is 0.0141. The Morgan fingerprint density at radius 1 is 1.23 bits per heavy atom. The third-order valence-electron chi connectivity index (χ3n) is 3.84. The Hall–Kier alpha value is -3.19. The minimum atomic E-state index is -0.512. The van der Waals surface area contributed by atoms with Gasteiger partial charge in [-0.05, 0) is 30.7 Å². The minimum absolute atomic E-state index is 0.0681. The molecule has 0 aliphatic carbocycles. The SMILES string of the molecule is Cc1cc(NC(=O)c2ccc([N+](=O)[O-])cc2)nn1Cc1ccccc1Cl. The molecule has 0 aliphatic heterocycles. The number of nitrogens with zero attached hydrogens (tertiary/aromatic N) is 3. The number of non-ortho nitro benzene ring substituents is 1. The number of nitrogens with one attached hydrogen (secondary N) is 1. The Morgan fingerprint density at radius 2 is 1.92 bits per heavy atom. The van der Waals surface area contributed by atoms with Crippen LogP contribution in [0.4, 0.5) is 11.5 Å². The third-order valence-corrected chi connectivity index (χ3v) is 4.21. The van der Waals surface area contributed by atoms with Crippen molar-refractivity contribution in [3.8, 4) is 0 Å². The van der Waals surface area contributed by atoms with Gasteiger partial charge in [0.1, 0.15) is 0 Å². The molecule has 0 saturated heterocycles. The molecular formula is C18H15ClN4O3. The second kappa shape index (κ2) is 7.37. The molecule has 0 unspecified atom stereocenters. The molecule has 0 saturated carbocycles. The van der Waals surface area contributed by atoms with Gasteiger partial charge in [0.2, 0.25) is 0 Å².